The zero-order valence-electron chi connectivity index (χ0n) is 10.1. The summed E-state index contributed by atoms with van der Waals surface area (Å²) in [6, 6.07) is 4.66. The highest BCUT2D eigenvalue weighted by Gasteiger charge is 2.13. The largest absolute Gasteiger partial charge is 0.399 e. The van der Waals surface area contributed by atoms with Gasteiger partial charge < -0.3 is 10.5 Å². The minimum absolute atomic E-state index is 0.238. The Labute approximate surface area is 102 Å². The van der Waals surface area contributed by atoms with Crippen molar-refractivity contribution in [2.24, 2.45) is 0 Å². The maximum Gasteiger partial charge on any atom is 0.240 e. The summed E-state index contributed by atoms with van der Waals surface area (Å²) in [7, 11) is -1.86. The maximum atomic E-state index is 11.9. The van der Waals surface area contributed by atoms with Crippen molar-refractivity contribution in [2.75, 3.05) is 26.0 Å². The summed E-state index contributed by atoms with van der Waals surface area (Å²) < 4.78 is 31.1. The Morgan fingerprint density at radius 2 is 2.12 bits per heavy atom. The van der Waals surface area contributed by atoms with Gasteiger partial charge in [0.25, 0.3) is 0 Å². The lowest BCUT2D eigenvalue weighted by molar-refractivity contribution is 0.196. The van der Waals surface area contributed by atoms with E-state index in [1.165, 1.54) is 6.07 Å². The summed E-state index contributed by atoms with van der Waals surface area (Å²) >= 11 is 0. The molecule has 0 amide bonds. The van der Waals surface area contributed by atoms with Crippen LogP contribution in [-0.2, 0) is 14.8 Å². The van der Waals surface area contributed by atoms with Crippen LogP contribution in [0.5, 0.6) is 0 Å². The fourth-order valence-electron chi connectivity index (χ4n) is 1.32. The SMILES string of the molecule is COCCCNS(=O)(=O)c1ccc(N)c(C)c1. The summed E-state index contributed by atoms with van der Waals surface area (Å²) in [5, 5.41) is 0. The van der Waals surface area contributed by atoms with Gasteiger partial charge in [-0.3, -0.25) is 0 Å². The van der Waals surface area contributed by atoms with E-state index in [9.17, 15) is 8.42 Å². The van der Waals surface area contributed by atoms with Crippen LogP contribution in [0.15, 0.2) is 23.1 Å². The minimum atomic E-state index is -3.44. The molecule has 3 N–H and O–H groups in total. The molecule has 0 radical (unpaired) electrons. The Hall–Kier alpha value is -1.11. The van der Waals surface area contributed by atoms with Gasteiger partial charge in [-0.1, -0.05) is 0 Å². The Kier molecular flexibility index (Phi) is 4.92. The number of hydrogen-bond acceptors (Lipinski definition) is 4. The monoisotopic (exact) mass is 258 g/mol. The lowest BCUT2D eigenvalue weighted by atomic mass is 10.2. The molecule has 0 aliphatic carbocycles. The highest BCUT2D eigenvalue weighted by molar-refractivity contribution is 7.89. The number of methoxy groups -OCH3 is 1. The number of nitrogens with two attached hydrogens (primary N) is 1. The van der Waals surface area contributed by atoms with Crippen molar-refractivity contribution in [3.05, 3.63) is 23.8 Å². The van der Waals surface area contributed by atoms with Gasteiger partial charge in [-0.2, -0.15) is 0 Å². The molecule has 0 atom stereocenters. The second-order valence-corrected chi connectivity index (χ2v) is 5.53. The molecule has 0 heterocycles. The van der Waals surface area contributed by atoms with Crippen molar-refractivity contribution in [3.8, 4) is 0 Å². The summed E-state index contributed by atoms with van der Waals surface area (Å²) in [4.78, 5) is 0.238. The normalized spacial score (nSPS) is 11.6. The van der Waals surface area contributed by atoms with E-state index in [0.29, 0.717) is 25.3 Å². The van der Waals surface area contributed by atoms with Crippen molar-refractivity contribution < 1.29 is 13.2 Å². The third-order valence-electron chi connectivity index (χ3n) is 2.37. The molecule has 1 aromatic carbocycles. The number of nitrogens with one attached hydrogen (secondary N) is 1. The third-order valence-corrected chi connectivity index (χ3v) is 3.83. The molecule has 0 spiro atoms. The van der Waals surface area contributed by atoms with E-state index < -0.39 is 10.0 Å². The number of anilines is 1. The number of rotatable bonds is 6. The fourth-order valence-corrected chi connectivity index (χ4v) is 2.48. The van der Waals surface area contributed by atoms with Gasteiger partial charge in [0.05, 0.1) is 4.90 Å². The summed E-state index contributed by atoms with van der Waals surface area (Å²) in [5.74, 6) is 0. The van der Waals surface area contributed by atoms with Crippen LogP contribution < -0.4 is 10.5 Å². The molecule has 6 heteroatoms. The van der Waals surface area contributed by atoms with Gasteiger partial charge in [0.1, 0.15) is 0 Å². The lowest BCUT2D eigenvalue weighted by Gasteiger charge is -2.08. The highest BCUT2D eigenvalue weighted by Crippen LogP contribution is 2.16. The van der Waals surface area contributed by atoms with E-state index in [4.69, 9.17) is 10.5 Å². The first-order chi connectivity index (χ1) is 7.97. The summed E-state index contributed by atoms with van der Waals surface area (Å²) in [5.41, 5.74) is 6.98. The molecule has 17 heavy (non-hydrogen) atoms. The van der Waals surface area contributed by atoms with E-state index in [0.717, 1.165) is 5.56 Å². The second kappa shape index (κ2) is 6.00. The predicted octanol–water partition coefficient (Wildman–Crippen LogP) is 0.892. The third kappa shape index (κ3) is 3.99. The molecule has 0 aromatic heterocycles. The van der Waals surface area contributed by atoms with Crippen LogP contribution in [0.4, 0.5) is 5.69 Å². The van der Waals surface area contributed by atoms with E-state index in [2.05, 4.69) is 4.72 Å². The standard InChI is InChI=1S/C11H18N2O3S/c1-9-8-10(4-5-11(9)12)17(14,15)13-6-3-7-16-2/h4-5,8,13H,3,6-7,12H2,1-2H3. The number of sulfonamides is 1. The van der Waals surface area contributed by atoms with Crippen LogP contribution in [-0.4, -0.2) is 28.7 Å². The van der Waals surface area contributed by atoms with E-state index in [1.54, 1.807) is 26.2 Å². The molecule has 0 bridgehead atoms. The zero-order chi connectivity index (χ0) is 12.9. The Morgan fingerprint density at radius 1 is 1.41 bits per heavy atom. The molecule has 1 aromatic rings. The van der Waals surface area contributed by atoms with Crippen LogP contribution in [0.1, 0.15) is 12.0 Å². The molecular weight excluding hydrogens is 240 g/mol. The van der Waals surface area contributed by atoms with Gasteiger partial charge in [0.15, 0.2) is 0 Å². The van der Waals surface area contributed by atoms with Crippen molar-refractivity contribution in [2.45, 2.75) is 18.2 Å². The molecule has 5 nitrogen and oxygen atoms in total. The van der Waals surface area contributed by atoms with Gasteiger partial charge in [0.2, 0.25) is 10.0 Å². The molecule has 0 aliphatic heterocycles. The Morgan fingerprint density at radius 3 is 2.71 bits per heavy atom. The van der Waals surface area contributed by atoms with Crippen molar-refractivity contribution in [3.63, 3.8) is 0 Å². The Bertz CT molecular complexity index is 472. The molecular formula is C11H18N2O3S. The van der Waals surface area contributed by atoms with Crippen molar-refractivity contribution >= 4 is 15.7 Å². The number of nitrogen functional groups attached to an aromatic ring is 1. The quantitative estimate of drug-likeness (QED) is 0.586. The molecule has 0 aliphatic rings. The van der Waals surface area contributed by atoms with Crippen LogP contribution >= 0.6 is 0 Å². The summed E-state index contributed by atoms with van der Waals surface area (Å²) in [6.07, 6.45) is 0.643. The topological polar surface area (TPSA) is 81.4 Å². The number of ether oxygens (including phenoxy) is 1. The Balaban J connectivity index is 2.72. The number of hydrogen-bond donors (Lipinski definition) is 2. The van der Waals surface area contributed by atoms with Gasteiger partial charge >= 0.3 is 0 Å². The van der Waals surface area contributed by atoms with E-state index in [1.807, 2.05) is 0 Å². The molecule has 1 rings (SSSR count). The van der Waals surface area contributed by atoms with E-state index >= 15 is 0 Å². The lowest BCUT2D eigenvalue weighted by Crippen LogP contribution is -2.25. The zero-order valence-corrected chi connectivity index (χ0v) is 10.9. The van der Waals surface area contributed by atoms with Crippen LogP contribution in [0.25, 0.3) is 0 Å². The van der Waals surface area contributed by atoms with Crippen molar-refractivity contribution in [1.82, 2.24) is 4.72 Å². The first-order valence-corrected chi connectivity index (χ1v) is 6.80. The minimum Gasteiger partial charge on any atom is -0.399 e. The van der Waals surface area contributed by atoms with Gasteiger partial charge in [0, 0.05) is 25.9 Å². The van der Waals surface area contributed by atoms with Crippen molar-refractivity contribution in [1.29, 1.82) is 0 Å². The first-order valence-electron chi connectivity index (χ1n) is 5.32. The summed E-state index contributed by atoms with van der Waals surface area (Å²) in [6.45, 7) is 2.67. The predicted molar refractivity (Wildman–Crippen MR) is 67.3 cm³/mol. The first kappa shape index (κ1) is 14.0. The molecule has 96 valence electrons. The molecule has 0 fully saturated rings. The molecule has 0 saturated carbocycles. The maximum absolute atomic E-state index is 11.9. The van der Waals surface area contributed by atoms with Crippen LogP contribution in [0.2, 0.25) is 0 Å². The van der Waals surface area contributed by atoms with Crippen LogP contribution in [0, 0.1) is 6.92 Å². The highest BCUT2D eigenvalue weighted by atomic mass is 32.2. The van der Waals surface area contributed by atoms with E-state index in [-0.39, 0.29) is 4.90 Å². The molecule has 0 saturated heterocycles. The average molecular weight is 258 g/mol. The number of benzene rings is 1. The molecule has 0 unspecified atom stereocenters. The van der Waals surface area contributed by atoms with Gasteiger partial charge in [-0.15, -0.1) is 0 Å². The van der Waals surface area contributed by atoms with Gasteiger partial charge in [-0.05, 0) is 37.1 Å². The average Bonchev–Trinajstić information content (AvgIpc) is 2.28. The number of aryl methyl sites for hydroxylation is 1. The van der Waals surface area contributed by atoms with Crippen LogP contribution in [0.3, 0.4) is 0 Å². The van der Waals surface area contributed by atoms with Gasteiger partial charge in [-0.25, -0.2) is 13.1 Å². The second-order valence-electron chi connectivity index (χ2n) is 3.76. The fraction of sp³-hybridized carbons (Fsp3) is 0.455. The smallest absolute Gasteiger partial charge is 0.240 e.